The molecule has 30 heavy (non-hydrogen) atoms. The van der Waals surface area contributed by atoms with Crippen molar-refractivity contribution in [2.24, 2.45) is 10.9 Å². The lowest BCUT2D eigenvalue weighted by molar-refractivity contribution is -0.134. The van der Waals surface area contributed by atoms with Crippen molar-refractivity contribution in [2.45, 2.75) is 50.0 Å². The Morgan fingerprint density at radius 2 is 2.10 bits per heavy atom. The number of rotatable bonds is 8. The van der Waals surface area contributed by atoms with Crippen LogP contribution in [0.15, 0.2) is 34.4 Å². The third-order valence-electron chi connectivity index (χ3n) is 5.51. The molecule has 0 spiro atoms. The summed E-state index contributed by atoms with van der Waals surface area (Å²) in [5.41, 5.74) is 0. The fraction of sp³-hybridized carbons (Fsp3) is 0.650. The van der Waals surface area contributed by atoms with E-state index in [0.717, 1.165) is 38.6 Å². The van der Waals surface area contributed by atoms with Crippen molar-refractivity contribution in [1.82, 2.24) is 25.2 Å². The standard InChI is InChI=1S/C20H32N6O3S/c1-2-22-20(23-11-12-24-30(28,29)18-8-5-10-21-14-18)25-17-9-13-26(15-17)19(27)16-6-3-4-7-16/h5,8,10,14,16-17,24H,2-4,6-7,9,11-13,15H2,1H3,(H2,22,23,25). The Morgan fingerprint density at radius 1 is 1.30 bits per heavy atom. The second-order valence-corrected chi connectivity index (χ2v) is 9.51. The summed E-state index contributed by atoms with van der Waals surface area (Å²) in [7, 11) is -3.58. The van der Waals surface area contributed by atoms with Gasteiger partial charge in [0.05, 0.1) is 6.54 Å². The number of nitrogens with zero attached hydrogens (tertiary/aromatic N) is 3. The summed E-state index contributed by atoms with van der Waals surface area (Å²) >= 11 is 0. The van der Waals surface area contributed by atoms with E-state index in [9.17, 15) is 13.2 Å². The first kappa shape index (κ1) is 22.5. The third-order valence-corrected chi connectivity index (χ3v) is 6.95. The summed E-state index contributed by atoms with van der Waals surface area (Å²) in [4.78, 5) is 23.0. The minimum Gasteiger partial charge on any atom is -0.357 e. The Bertz CT molecular complexity index is 824. The van der Waals surface area contributed by atoms with E-state index in [0.29, 0.717) is 31.5 Å². The first-order chi connectivity index (χ1) is 14.5. The Morgan fingerprint density at radius 3 is 2.80 bits per heavy atom. The number of carbonyl (C=O) groups excluding carboxylic acids is 1. The van der Waals surface area contributed by atoms with Crippen LogP contribution in [-0.4, -0.2) is 68.9 Å². The molecule has 1 aliphatic carbocycles. The van der Waals surface area contributed by atoms with E-state index in [4.69, 9.17) is 0 Å². The molecule has 1 aromatic rings. The van der Waals surface area contributed by atoms with Gasteiger partial charge in [0.2, 0.25) is 15.9 Å². The van der Waals surface area contributed by atoms with Crippen LogP contribution in [0.1, 0.15) is 39.0 Å². The third kappa shape index (κ3) is 6.15. The number of guanidine groups is 1. The van der Waals surface area contributed by atoms with E-state index in [1.165, 1.54) is 18.5 Å². The molecular weight excluding hydrogens is 404 g/mol. The van der Waals surface area contributed by atoms with Crippen LogP contribution in [0.4, 0.5) is 0 Å². The Balaban J connectivity index is 1.47. The molecule has 166 valence electrons. The molecule has 1 saturated heterocycles. The number of nitrogens with one attached hydrogen (secondary N) is 3. The summed E-state index contributed by atoms with van der Waals surface area (Å²) < 4.78 is 27.0. The van der Waals surface area contributed by atoms with Crippen molar-refractivity contribution in [1.29, 1.82) is 0 Å². The highest BCUT2D eigenvalue weighted by Gasteiger charge is 2.32. The molecule has 1 atom stereocenters. The normalized spacial score (nSPS) is 20.5. The monoisotopic (exact) mass is 436 g/mol. The maximum absolute atomic E-state index is 12.6. The zero-order valence-electron chi connectivity index (χ0n) is 17.5. The molecule has 0 bridgehead atoms. The number of amides is 1. The molecule has 1 saturated carbocycles. The number of aromatic nitrogens is 1. The van der Waals surface area contributed by atoms with Gasteiger partial charge in [-0.1, -0.05) is 12.8 Å². The van der Waals surface area contributed by atoms with E-state index >= 15 is 0 Å². The van der Waals surface area contributed by atoms with Gasteiger partial charge in [-0.15, -0.1) is 0 Å². The molecule has 0 radical (unpaired) electrons. The van der Waals surface area contributed by atoms with Gasteiger partial charge in [-0.3, -0.25) is 14.8 Å². The average Bonchev–Trinajstić information content (AvgIpc) is 3.44. The highest BCUT2D eigenvalue weighted by molar-refractivity contribution is 7.89. The van der Waals surface area contributed by atoms with Gasteiger partial charge in [-0.25, -0.2) is 13.1 Å². The number of likely N-dealkylation sites (tertiary alicyclic amines) is 1. The summed E-state index contributed by atoms with van der Waals surface area (Å²) in [6.07, 6.45) is 8.09. The number of carbonyl (C=O) groups is 1. The zero-order chi connectivity index (χ0) is 21.4. The fourth-order valence-corrected chi connectivity index (χ4v) is 4.94. The van der Waals surface area contributed by atoms with Crippen LogP contribution in [-0.2, 0) is 14.8 Å². The molecule has 3 rings (SSSR count). The molecule has 1 aromatic heterocycles. The van der Waals surface area contributed by atoms with Crippen LogP contribution >= 0.6 is 0 Å². The van der Waals surface area contributed by atoms with E-state index < -0.39 is 10.0 Å². The van der Waals surface area contributed by atoms with Crippen molar-refractivity contribution in [2.75, 3.05) is 32.7 Å². The van der Waals surface area contributed by atoms with Gasteiger partial charge in [0.25, 0.3) is 0 Å². The minimum absolute atomic E-state index is 0.136. The predicted molar refractivity (Wildman–Crippen MR) is 115 cm³/mol. The maximum Gasteiger partial charge on any atom is 0.242 e. The van der Waals surface area contributed by atoms with Crippen LogP contribution in [0, 0.1) is 5.92 Å². The second kappa shape index (κ2) is 10.7. The maximum atomic E-state index is 12.6. The van der Waals surface area contributed by atoms with Crippen LogP contribution in [0.2, 0.25) is 0 Å². The van der Waals surface area contributed by atoms with Crippen molar-refractivity contribution in [3.05, 3.63) is 24.5 Å². The molecule has 2 aliphatic rings. The van der Waals surface area contributed by atoms with Crippen molar-refractivity contribution in [3.63, 3.8) is 0 Å². The lowest BCUT2D eigenvalue weighted by Gasteiger charge is -2.21. The molecule has 9 nitrogen and oxygen atoms in total. The van der Waals surface area contributed by atoms with E-state index in [-0.39, 0.29) is 23.4 Å². The number of aliphatic imine (C=N–C) groups is 1. The predicted octanol–water partition coefficient (Wildman–Crippen LogP) is 0.706. The summed E-state index contributed by atoms with van der Waals surface area (Å²) in [5.74, 6) is 1.14. The molecule has 1 unspecified atom stereocenters. The fourth-order valence-electron chi connectivity index (χ4n) is 3.96. The lowest BCUT2D eigenvalue weighted by atomic mass is 10.1. The van der Waals surface area contributed by atoms with Gasteiger partial charge < -0.3 is 15.5 Å². The van der Waals surface area contributed by atoms with Gasteiger partial charge in [0.1, 0.15) is 4.90 Å². The lowest BCUT2D eigenvalue weighted by Crippen LogP contribution is -2.45. The van der Waals surface area contributed by atoms with Crippen LogP contribution < -0.4 is 15.4 Å². The van der Waals surface area contributed by atoms with Crippen LogP contribution in [0.25, 0.3) is 0 Å². The molecule has 1 amide bonds. The van der Waals surface area contributed by atoms with E-state index in [1.807, 2.05) is 11.8 Å². The highest BCUT2D eigenvalue weighted by atomic mass is 32.2. The van der Waals surface area contributed by atoms with E-state index in [1.54, 1.807) is 6.07 Å². The summed E-state index contributed by atoms with van der Waals surface area (Å²) in [5, 5.41) is 6.57. The van der Waals surface area contributed by atoms with Crippen LogP contribution in [0.3, 0.4) is 0 Å². The average molecular weight is 437 g/mol. The topological polar surface area (TPSA) is 116 Å². The minimum atomic E-state index is -3.58. The zero-order valence-corrected chi connectivity index (χ0v) is 18.3. The molecule has 3 N–H and O–H groups in total. The number of pyridine rings is 1. The summed E-state index contributed by atoms with van der Waals surface area (Å²) in [6, 6.07) is 3.24. The van der Waals surface area contributed by atoms with Gasteiger partial charge in [0.15, 0.2) is 5.96 Å². The molecular formula is C20H32N6O3S. The molecule has 2 fully saturated rings. The second-order valence-electron chi connectivity index (χ2n) is 7.74. The van der Waals surface area contributed by atoms with Gasteiger partial charge in [-0.05, 0) is 38.3 Å². The Hall–Kier alpha value is -2.20. The first-order valence-corrected chi connectivity index (χ1v) is 12.2. The quantitative estimate of drug-likeness (QED) is 0.314. The SMILES string of the molecule is CCNC(=NCCNS(=O)(=O)c1cccnc1)NC1CCN(C(=O)C2CCCC2)C1. The highest BCUT2D eigenvalue weighted by Crippen LogP contribution is 2.27. The van der Waals surface area contributed by atoms with Gasteiger partial charge >= 0.3 is 0 Å². The van der Waals surface area contributed by atoms with Gasteiger partial charge in [-0.2, -0.15) is 0 Å². The molecule has 0 aromatic carbocycles. The number of hydrogen-bond acceptors (Lipinski definition) is 5. The molecule has 2 heterocycles. The Kier molecular flexibility index (Phi) is 8.03. The smallest absolute Gasteiger partial charge is 0.242 e. The molecule has 10 heteroatoms. The van der Waals surface area contributed by atoms with Crippen molar-refractivity contribution in [3.8, 4) is 0 Å². The van der Waals surface area contributed by atoms with Crippen molar-refractivity contribution < 1.29 is 13.2 Å². The van der Waals surface area contributed by atoms with Crippen molar-refractivity contribution >= 4 is 21.9 Å². The molecule has 1 aliphatic heterocycles. The number of hydrogen-bond donors (Lipinski definition) is 3. The number of sulfonamides is 1. The van der Waals surface area contributed by atoms with E-state index in [2.05, 4.69) is 25.3 Å². The largest absolute Gasteiger partial charge is 0.357 e. The Labute approximate surface area is 178 Å². The van der Waals surface area contributed by atoms with Crippen LogP contribution in [0.5, 0.6) is 0 Å². The van der Waals surface area contributed by atoms with Gasteiger partial charge in [0, 0.05) is 50.5 Å². The first-order valence-electron chi connectivity index (χ1n) is 10.7. The summed E-state index contributed by atoms with van der Waals surface area (Å²) in [6.45, 7) is 4.62.